The number of nitrogens with zero attached hydrogens (tertiary/aromatic N) is 1. The first-order chi connectivity index (χ1) is 12.4. The predicted octanol–water partition coefficient (Wildman–Crippen LogP) is 3.62. The molecule has 0 spiro atoms. The van der Waals surface area contributed by atoms with Crippen molar-refractivity contribution in [3.63, 3.8) is 0 Å². The molecule has 1 aliphatic carbocycles. The van der Waals surface area contributed by atoms with Crippen LogP contribution >= 0.6 is 0 Å². The van der Waals surface area contributed by atoms with E-state index in [0.717, 1.165) is 18.4 Å². The fourth-order valence-electron chi connectivity index (χ4n) is 4.38. The number of hydrogen-bond donors (Lipinski definition) is 1. The Labute approximate surface area is 156 Å². The van der Waals surface area contributed by atoms with Gasteiger partial charge in [0.05, 0.1) is 18.7 Å². The van der Waals surface area contributed by atoms with Crippen LogP contribution in [-0.2, 0) is 9.59 Å². The average Bonchev–Trinajstić information content (AvgIpc) is 2.99. The quantitative estimate of drug-likeness (QED) is 0.894. The Morgan fingerprint density at radius 3 is 2.77 bits per heavy atom. The number of carbonyl (C=O) groups excluding carboxylic acids is 2. The van der Waals surface area contributed by atoms with E-state index in [0.29, 0.717) is 36.2 Å². The second kappa shape index (κ2) is 7.68. The normalized spacial score (nSPS) is 28.9. The molecule has 1 N–H and O–H groups in total. The minimum Gasteiger partial charge on any atom is -0.495 e. The van der Waals surface area contributed by atoms with E-state index in [2.05, 4.69) is 19.2 Å². The molecule has 5 nitrogen and oxygen atoms in total. The average molecular weight is 358 g/mol. The molecule has 1 saturated heterocycles. The first kappa shape index (κ1) is 18.7. The maximum absolute atomic E-state index is 12.8. The monoisotopic (exact) mass is 358 g/mol. The summed E-state index contributed by atoms with van der Waals surface area (Å²) in [5.41, 5.74) is 1.72. The maximum Gasteiger partial charge on any atom is 0.229 e. The lowest BCUT2D eigenvalue weighted by Gasteiger charge is -2.40. The van der Waals surface area contributed by atoms with Crippen LogP contribution in [0, 0.1) is 24.7 Å². The lowest BCUT2D eigenvalue weighted by molar-refractivity contribution is -0.131. The molecule has 1 aromatic carbocycles. The van der Waals surface area contributed by atoms with Crippen molar-refractivity contribution in [2.45, 2.75) is 52.5 Å². The molecular formula is C21H30N2O3. The zero-order chi connectivity index (χ0) is 18.8. The number of benzene rings is 1. The van der Waals surface area contributed by atoms with E-state index in [4.69, 9.17) is 4.74 Å². The molecule has 1 heterocycles. The van der Waals surface area contributed by atoms with Crippen LogP contribution in [0.25, 0.3) is 0 Å². The van der Waals surface area contributed by atoms with Crippen LogP contribution in [0.1, 0.15) is 45.1 Å². The summed E-state index contributed by atoms with van der Waals surface area (Å²) in [6, 6.07) is 5.97. The number of aryl methyl sites for hydroxylation is 1. The summed E-state index contributed by atoms with van der Waals surface area (Å²) in [4.78, 5) is 27.3. The summed E-state index contributed by atoms with van der Waals surface area (Å²) < 4.78 is 5.34. The Hall–Kier alpha value is -2.04. The van der Waals surface area contributed by atoms with E-state index in [1.165, 1.54) is 6.42 Å². The number of ether oxygens (including phenoxy) is 1. The lowest BCUT2D eigenvalue weighted by Crippen LogP contribution is -2.45. The highest BCUT2D eigenvalue weighted by molar-refractivity contribution is 5.98. The van der Waals surface area contributed by atoms with Gasteiger partial charge in [-0.25, -0.2) is 0 Å². The van der Waals surface area contributed by atoms with Gasteiger partial charge in [-0.2, -0.15) is 0 Å². The summed E-state index contributed by atoms with van der Waals surface area (Å²) in [6.45, 7) is 7.01. The van der Waals surface area contributed by atoms with Crippen molar-refractivity contribution >= 4 is 17.5 Å². The van der Waals surface area contributed by atoms with Gasteiger partial charge >= 0.3 is 0 Å². The standard InChI is InChI=1S/C21H30N2O3/c1-13-8-9-19(26-4)17(10-13)22-21(25)16-11-20(24)23(12-16)18-7-5-6-14(2)15(18)3/h8-10,14-16,18H,5-7,11-12H2,1-4H3,(H,22,25)/t14-,15-,16-,18-/m0/s1. The van der Waals surface area contributed by atoms with Crippen molar-refractivity contribution < 1.29 is 14.3 Å². The van der Waals surface area contributed by atoms with Gasteiger partial charge in [-0.1, -0.05) is 32.8 Å². The number of likely N-dealkylation sites (tertiary alicyclic amines) is 1. The second-order valence-corrected chi connectivity index (χ2v) is 7.97. The van der Waals surface area contributed by atoms with Gasteiger partial charge in [0.15, 0.2) is 0 Å². The fraction of sp³-hybridized carbons (Fsp3) is 0.619. The molecule has 3 rings (SSSR count). The number of hydrogen-bond acceptors (Lipinski definition) is 3. The molecule has 0 bridgehead atoms. The van der Waals surface area contributed by atoms with Crippen LogP contribution < -0.4 is 10.1 Å². The SMILES string of the molecule is COc1ccc(C)cc1NC(=O)[C@H]1CC(=O)N([C@H]2CCC[C@H](C)[C@@H]2C)C1. The van der Waals surface area contributed by atoms with Crippen LogP contribution in [0.15, 0.2) is 18.2 Å². The van der Waals surface area contributed by atoms with Crippen molar-refractivity contribution in [3.05, 3.63) is 23.8 Å². The molecule has 5 heteroatoms. The smallest absolute Gasteiger partial charge is 0.229 e. The van der Waals surface area contributed by atoms with Gasteiger partial charge < -0.3 is 15.0 Å². The van der Waals surface area contributed by atoms with Gasteiger partial charge in [0.2, 0.25) is 11.8 Å². The van der Waals surface area contributed by atoms with E-state index >= 15 is 0 Å². The maximum atomic E-state index is 12.8. The summed E-state index contributed by atoms with van der Waals surface area (Å²) in [6.07, 6.45) is 3.75. The molecule has 1 aromatic rings. The molecule has 26 heavy (non-hydrogen) atoms. The van der Waals surface area contributed by atoms with E-state index in [1.807, 2.05) is 30.0 Å². The minimum absolute atomic E-state index is 0.0961. The molecule has 1 aliphatic heterocycles. The van der Waals surface area contributed by atoms with Crippen LogP contribution in [0.2, 0.25) is 0 Å². The van der Waals surface area contributed by atoms with E-state index in [-0.39, 0.29) is 23.8 Å². The third kappa shape index (κ3) is 3.71. The molecular weight excluding hydrogens is 328 g/mol. The van der Waals surface area contributed by atoms with Crippen LogP contribution in [0.3, 0.4) is 0 Å². The molecule has 0 unspecified atom stereocenters. The van der Waals surface area contributed by atoms with Crippen molar-refractivity contribution in [1.29, 1.82) is 0 Å². The third-order valence-corrected chi connectivity index (χ3v) is 6.21. The van der Waals surface area contributed by atoms with Crippen molar-refractivity contribution in [1.82, 2.24) is 4.90 Å². The largest absolute Gasteiger partial charge is 0.495 e. The number of amides is 2. The zero-order valence-corrected chi connectivity index (χ0v) is 16.2. The Balaban J connectivity index is 1.68. The highest BCUT2D eigenvalue weighted by Crippen LogP contribution is 2.36. The van der Waals surface area contributed by atoms with Gasteiger partial charge in [-0.3, -0.25) is 9.59 Å². The number of nitrogens with one attached hydrogen (secondary N) is 1. The Kier molecular flexibility index (Phi) is 5.54. The fourth-order valence-corrected chi connectivity index (χ4v) is 4.38. The van der Waals surface area contributed by atoms with Crippen LogP contribution in [0.4, 0.5) is 5.69 Å². The van der Waals surface area contributed by atoms with Gasteiger partial charge in [-0.15, -0.1) is 0 Å². The van der Waals surface area contributed by atoms with Gasteiger partial charge in [0.25, 0.3) is 0 Å². The number of anilines is 1. The zero-order valence-electron chi connectivity index (χ0n) is 16.2. The molecule has 2 fully saturated rings. The molecule has 2 amide bonds. The second-order valence-electron chi connectivity index (χ2n) is 7.97. The third-order valence-electron chi connectivity index (χ3n) is 6.21. The first-order valence-electron chi connectivity index (χ1n) is 9.65. The van der Waals surface area contributed by atoms with Gasteiger partial charge in [0, 0.05) is 19.0 Å². The number of rotatable bonds is 4. The molecule has 0 radical (unpaired) electrons. The molecule has 1 saturated carbocycles. The van der Waals surface area contributed by atoms with Gasteiger partial charge in [-0.05, 0) is 42.9 Å². The summed E-state index contributed by atoms with van der Waals surface area (Å²) in [5, 5.41) is 2.97. The van der Waals surface area contributed by atoms with Crippen LogP contribution in [0.5, 0.6) is 5.75 Å². The Bertz CT molecular complexity index is 688. The predicted molar refractivity (Wildman–Crippen MR) is 102 cm³/mol. The number of methoxy groups -OCH3 is 1. The van der Waals surface area contributed by atoms with Crippen molar-refractivity contribution in [3.8, 4) is 5.75 Å². The molecule has 142 valence electrons. The van der Waals surface area contributed by atoms with E-state index in [1.54, 1.807) is 7.11 Å². The summed E-state index contributed by atoms with van der Waals surface area (Å²) in [7, 11) is 1.59. The van der Waals surface area contributed by atoms with E-state index < -0.39 is 0 Å². The topological polar surface area (TPSA) is 58.6 Å². The highest BCUT2D eigenvalue weighted by atomic mass is 16.5. The van der Waals surface area contributed by atoms with Crippen molar-refractivity contribution in [2.24, 2.45) is 17.8 Å². The lowest BCUT2D eigenvalue weighted by atomic mass is 9.77. The Morgan fingerprint density at radius 2 is 2.04 bits per heavy atom. The molecule has 0 aromatic heterocycles. The summed E-state index contributed by atoms with van der Waals surface area (Å²) >= 11 is 0. The Morgan fingerprint density at radius 1 is 1.27 bits per heavy atom. The van der Waals surface area contributed by atoms with E-state index in [9.17, 15) is 9.59 Å². The van der Waals surface area contributed by atoms with Crippen molar-refractivity contribution in [2.75, 3.05) is 19.0 Å². The highest BCUT2D eigenvalue weighted by Gasteiger charge is 2.41. The summed E-state index contributed by atoms with van der Waals surface area (Å²) in [5.74, 6) is 1.49. The van der Waals surface area contributed by atoms with Gasteiger partial charge in [0.1, 0.15) is 5.75 Å². The first-order valence-corrected chi connectivity index (χ1v) is 9.65. The van der Waals surface area contributed by atoms with Crippen LogP contribution in [-0.4, -0.2) is 36.4 Å². The molecule has 2 aliphatic rings. The number of carbonyl (C=O) groups is 2. The minimum atomic E-state index is -0.294. The molecule has 4 atom stereocenters.